The Morgan fingerprint density at radius 2 is 2.16 bits per heavy atom. The molecule has 1 saturated carbocycles. The molecule has 1 amide bonds. The van der Waals surface area contributed by atoms with Crippen molar-refractivity contribution < 1.29 is 9.53 Å². The molecule has 2 aliphatic rings. The van der Waals surface area contributed by atoms with Gasteiger partial charge in [-0.05, 0) is 44.1 Å². The Labute approximate surface area is 116 Å². The molecule has 1 heterocycles. The van der Waals surface area contributed by atoms with Crippen LogP contribution in [0.2, 0.25) is 0 Å². The number of carbonyl (C=O) groups excluding carboxylic acids is 1. The maximum absolute atomic E-state index is 12.2. The van der Waals surface area contributed by atoms with E-state index in [2.05, 4.69) is 10.6 Å². The Kier molecular flexibility index (Phi) is 5.64. The lowest BCUT2D eigenvalue weighted by Gasteiger charge is -2.30. The van der Waals surface area contributed by atoms with E-state index in [0.717, 1.165) is 45.5 Å². The first kappa shape index (κ1) is 14.8. The van der Waals surface area contributed by atoms with Gasteiger partial charge in [0.2, 0.25) is 5.91 Å². The van der Waals surface area contributed by atoms with Gasteiger partial charge in [-0.3, -0.25) is 4.79 Å². The number of hydrogen-bond acceptors (Lipinski definition) is 3. The summed E-state index contributed by atoms with van der Waals surface area (Å²) in [5, 5.41) is 6.52. The zero-order chi connectivity index (χ0) is 13.6. The molecule has 110 valence electrons. The van der Waals surface area contributed by atoms with Crippen LogP contribution in [0.5, 0.6) is 0 Å². The van der Waals surface area contributed by atoms with Crippen LogP contribution < -0.4 is 10.6 Å². The molecule has 2 rings (SSSR count). The van der Waals surface area contributed by atoms with Crippen molar-refractivity contribution in [2.45, 2.75) is 44.9 Å². The Morgan fingerprint density at radius 1 is 1.37 bits per heavy atom. The number of hydrogen-bond donors (Lipinski definition) is 2. The van der Waals surface area contributed by atoms with E-state index < -0.39 is 0 Å². The second-order valence-corrected chi connectivity index (χ2v) is 6.21. The van der Waals surface area contributed by atoms with Crippen molar-refractivity contribution in [3.63, 3.8) is 0 Å². The van der Waals surface area contributed by atoms with Crippen LogP contribution in [-0.4, -0.2) is 39.3 Å². The number of carbonyl (C=O) groups is 1. The standard InChI is InChI=1S/C15H28N2O2/c1-19-10-8-15(6-2-3-7-15)12-17-14(18)13-5-4-9-16-11-13/h13,16H,2-12H2,1H3,(H,17,18). The first-order chi connectivity index (χ1) is 9.26. The molecule has 1 saturated heterocycles. The normalized spacial score (nSPS) is 26.3. The van der Waals surface area contributed by atoms with Crippen molar-refractivity contribution in [3.8, 4) is 0 Å². The van der Waals surface area contributed by atoms with Crippen LogP contribution >= 0.6 is 0 Å². The van der Waals surface area contributed by atoms with Gasteiger partial charge in [-0.25, -0.2) is 0 Å². The van der Waals surface area contributed by atoms with E-state index >= 15 is 0 Å². The van der Waals surface area contributed by atoms with Gasteiger partial charge >= 0.3 is 0 Å². The number of methoxy groups -OCH3 is 1. The van der Waals surface area contributed by atoms with Crippen molar-refractivity contribution in [2.75, 3.05) is 33.4 Å². The average molecular weight is 268 g/mol. The molecule has 0 aromatic carbocycles. The smallest absolute Gasteiger partial charge is 0.224 e. The minimum atomic E-state index is 0.176. The van der Waals surface area contributed by atoms with Crippen molar-refractivity contribution in [3.05, 3.63) is 0 Å². The van der Waals surface area contributed by atoms with Gasteiger partial charge in [0.25, 0.3) is 0 Å². The summed E-state index contributed by atoms with van der Waals surface area (Å²) in [6, 6.07) is 0. The molecular formula is C15H28N2O2. The minimum Gasteiger partial charge on any atom is -0.385 e. The molecular weight excluding hydrogens is 240 g/mol. The van der Waals surface area contributed by atoms with Crippen LogP contribution in [0.4, 0.5) is 0 Å². The van der Waals surface area contributed by atoms with Crippen molar-refractivity contribution in [1.82, 2.24) is 10.6 Å². The van der Waals surface area contributed by atoms with Crippen molar-refractivity contribution >= 4 is 5.91 Å². The lowest BCUT2D eigenvalue weighted by Crippen LogP contribution is -2.44. The molecule has 0 spiro atoms. The Morgan fingerprint density at radius 3 is 2.79 bits per heavy atom. The summed E-state index contributed by atoms with van der Waals surface area (Å²) in [6.45, 7) is 3.55. The van der Waals surface area contributed by atoms with Crippen LogP contribution in [0.25, 0.3) is 0 Å². The summed E-state index contributed by atoms with van der Waals surface area (Å²) < 4.78 is 5.23. The van der Waals surface area contributed by atoms with Gasteiger partial charge in [0.1, 0.15) is 0 Å². The molecule has 4 heteroatoms. The van der Waals surface area contributed by atoms with Crippen LogP contribution in [0.15, 0.2) is 0 Å². The molecule has 0 aromatic heterocycles. The quantitative estimate of drug-likeness (QED) is 0.771. The molecule has 1 aliphatic heterocycles. The summed E-state index contributed by atoms with van der Waals surface area (Å²) in [6.07, 6.45) is 8.29. The molecule has 19 heavy (non-hydrogen) atoms. The molecule has 1 aliphatic carbocycles. The Balaban J connectivity index is 1.79. The first-order valence-electron chi connectivity index (χ1n) is 7.73. The van der Waals surface area contributed by atoms with Gasteiger partial charge in [-0.1, -0.05) is 12.8 Å². The highest BCUT2D eigenvalue weighted by molar-refractivity contribution is 5.79. The van der Waals surface area contributed by atoms with E-state index in [0.29, 0.717) is 5.41 Å². The predicted molar refractivity (Wildman–Crippen MR) is 76.0 cm³/mol. The molecule has 0 aromatic rings. The first-order valence-corrected chi connectivity index (χ1v) is 7.73. The Bertz CT molecular complexity index is 282. The van der Waals surface area contributed by atoms with E-state index in [9.17, 15) is 4.79 Å². The molecule has 1 atom stereocenters. The summed E-state index contributed by atoms with van der Waals surface area (Å²) >= 11 is 0. The lowest BCUT2D eigenvalue weighted by atomic mass is 9.82. The topological polar surface area (TPSA) is 50.4 Å². The van der Waals surface area contributed by atoms with Crippen LogP contribution in [0, 0.1) is 11.3 Å². The van der Waals surface area contributed by atoms with Crippen LogP contribution in [0.1, 0.15) is 44.9 Å². The lowest BCUT2D eigenvalue weighted by molar-refractivity contribution is -0.126. The third-order valence-electron chi connectivity index (χ3n) is 4.81. The van der Waals surface area contributed by atoms with Crippen LogP contribution in [-0.2, 0) is 9.53 Å². The van der Waals surface area contributed by atoms with Gasteiger partial charge in [-0.15, -0.1) is 0 Å². The SMILES string of the molecule is COCCC1(CNC(=O)C2CCCNC2)CCCC1. The van der Waals surface area contributed by atoms with Gasteiger partial charge in [0, 0.05) is 26.8 Å². The zero-order valence-electron chi connectivity index (χ0n) is 12.2. The molecule has 2 N–H and O–H groups in total. The van der Waals surface area contributed by atoms with E-state index in [1.54, 1.807) is 7.11 Å². The molecule has 1 unspecified atom stereocenters. The summed E-state index contributed by atoms with van der Waals surface area (Å²) in [5.41, 5.74) is 0.299. The zero-order valence-corrected chi connectivity index (χ0v) is 12.2. The third-order valence-corrected chi connectivity index (χ3v) is 4.81. The van der Waals surface area contributed by atoms with Gasteiger partial charge in [0.15, 0.2) is 0 Å². The highest BCUT2D eigenvalue weighted by Crippen LogP contribution is 2.40. The fourth-order valence-corrected chi connectivity index (χ4v) is 3.45. The minimum absolute atomic E-state index is 0.176. The van der Waals surface area contributed by atoms with Gasteiger partial charge in [-0.2, -0.15) is 0 Å². The molecule has 4 nitrogen and oxygen atoms in total. The fourth-order valence-electron chi connectivity index (χ4n) is 3.45. The largest absolute Gasteiger partial charge is 0.385 e. The maximum Gasteiger partial charge on any atom is 0.224 e. The third kappa shape index (κ3) is 4.18. The fraction of sp³-hybridized carbons (Fsp3) is 0.933. The molecule has 0 bridgehead atoms. The van der Waals surface area contributed by atoms with Gasteiger partial charge in [0.05, 0.1) is 5.92 Å². The number of rotatable bonds is 6. The predicted octanol–water partition coefficient (Wildman–Crippen LogP) is 1.70. The highest BCUT2D eigenvalue weighted by Gasteiger charge is 2.34. The number of nitrogens with one attached hydrogen (secondary N) is 2. The second kappa shape index (κ2) is 7.25. The van der Waals surface area contributed by atoms with Crippen molar-refractivity contribution in [2.24, 2.45) is 11.3 Å². The number of ether oxygens (including phenoxy) is 1. The monoisotopic (exact) mass is 268 g/mol. The summed E-state index contributed by atoms with van der Waals surface area (Å²) in [7, 11) is 1.76. The summed E-state index contributed by atoms with van der Waals surface area (Å²) in [4.78, 5) is 12.2. The van der Waals surface area contributed by atoms with Crippen molar-refractivity contribution in [1.29, 1.82) is 0 Å². The van der Waals surface area contributed by atoms with E-state index in [4.69, 9.17) is 4.74 Å². The average Bonchev–Trinajstić information content (AvgIpc) is 2.93. The molecule has 2 fully saturated rings. The maximum atomic E-state index is 12.2. The summed E-state index contributed by atoms with van der Waals surface area (Å²) in [5.74, 6) is 0.422. The van der Waals surface area contributed by atoms with E-state index in [1.165, 1.54) is 25.7 Å². The number of amides is 1. The van der Waals surface area contributed by atoms with Crippen LogP contribution in [0.3, 0.4) is 0 Å². The van der Waals surface area contributed by atoms with Gasteiger partial charge < -0.3 is 15.4 Å². The van der Waals surface area contributed by atoms with E-state index in [-0.39, 0.29) is 11.8 Å². The Hall–Kier alpha value is -0.610. The van der Waals surface area contributed by atoms with E-state index in [1.807, 2.05) is 0 Å². The molecule has 0 radical (unpaired) electrons. The number of piperidine rings is 1. The highest BCUT2D eigenvalue weighted by atomic mass is 16.5. The second-order valence-electron chi connectivity index (χ2n) is 6.21.